The molecule has 0 saturated heterocycles. The highest BCUT2D eigenvalue weighted by molar-refractivity contribution is 7.10. The van der Waals surface area contributed by atoms with Crippen LogP contribution in [0.1, 0.15) is 57.2 Å². The molecule has 170 valence electrons. The quantitative estimate of drug-likeness (QED) is 0.378. The highest BCUT2D eigenvalue weighted by Crippen LogP contribution is 2.30. The number of nitrogens with zero attached hydrogens (tertiary/aromatic N) is 1. The molecule has 4 rings (SSSR count). The summed E-state index contributed by atoms with van der Waals surface area (Å²) < 4.78 is 0. The number of hydrogen-bond acceptors (Lipinski definition) is 5. The SMILES string of the molecule is O=C(CCNC(=O)c1ccc([N+](=O)[O-])cc1)NC(c1ccc2c(c1)CCCC2)c1cccs1. The van der Waals surface area contributed by atoms with E-state index in [0.717, 1.165) is 23.3 Å². The van der Waals surface area contributed by atoms with Gasteiger partial charge >= 0.3 is 0 Å². The molecule has 2 aromatic carbocycles. The van der Waals surface area contributed by atoms with Crippen LogP contribution >= 0.6 is 11.3 Å². The van der Waals surface area contributed by atoms with Crippen LogP contribution in [0.25, 0.3) is 0 Å². The van der Waals surface area contributed by atoms with Crippen molar-refractivity contribution < 1.29 is 14.5 Å². The molecular weight excluding hydrogens is 438 g/mol. The lowest BCUT2D eigenvalue weighted by Crippen LogP contribution is -2.33. The van der Waals surface area contributed by atoms with Crippen molar-refractivity contribution in [3.8, 4) is 0 Å². The number of nitro groups is 1. The maximum absolute atomic E-state index is 12.7. The molecule has 1 aliphatic carbocycles. The molecule has 33 heavy (non-hydrogen) atoms. The molecule has 0 spiro atoms. The van der Waals surface area contributed by atoms with Crippen molar-refractivity contribution >= 4 is 28.8 Å². The number of non-ortho nitro benzene ring substituents is 1. The monoisotopic (exact) mass is 463 g/mol. The van der Waals surface area contributed by atoms with Gasteiger partial charge in [-0.2, -0.15) is 0 Å². The van der Waals surface area contributed by atoms with E-state index in [9.17, 15) is 19.7 Å². The van der Waals surface area contributed by atoms with Crippen LogP contribution in [0.3, 0.4) is 0 Å². The van der Waals surface area contributed by atoms with E-state index in [-0.39, 0.29) is 36.5 Å². The number of fused-ring (bicyclic) bond motifs is 1. The van der Waals surface area contributed by atoms with E-state index < -0.39 is 4.92 Å². The van der Waals surface area contributed by atoms with E-state index >= 15 is 0 Å². The van der Waals surface area contributed by atoms with Crippen molar-refractivity contribution in [3.05, 3.63) is 97.2 Å². The van der Waals surface area contributed by atoms with Crippen LogP contribution in [0.5, 0.6) is 0 Å². The first-order valence-corrected chi connectivity index (χ1v) is 11.9. The van der Waals surface area contributed by atoms with Crippen molar-refractivity contribution in [1.82, 2.24) is 10.6 Å². The van der Waals surface area contributed by atoms with Crippen LogP contribution in [-0.2, 0) is 17.6 Å². The van der Waals surface area contributed by atoms with Crippen LogP contribution in [0, 0.1) is 10.1 Å². The van der Waals surface area contributed by atoms with E-state index in [4.69, 9.17) is 0 Å². The highest BCUT2D eigenvalue weighted by atomic mass is 32.1. The van der Waals surface area contributed by atoms with Crippen molar-refractivity contribution in [2.24, 2.45) is 0 Å². The van der Waals surface area contributed by atoms with Gasteiger partial charge < -0.3 is 10.6 Å². The van der Waals surface area contributed by atoms with Gasteiger partial charge in [0.05, 0.1) is 11.0 Å². The van der Waals surface area contributed by atoms with Gasteiger partial charge in [0, 0.05) is 35.5 Å². The number of aryl methyl sites for hydroxylation is 2. The minimum absolute atomic E-state index is 0.0762. The van der Waals surface area contributed by atoms with Crippen LogP contribution < -0.4 is 10.6 Å². The number of thiophene rings is 1. The summed E-state index contributed by atoms with van der Waals surface area (Å²) in [6, 6.07) is 15.6. The fourth-order valence-corrected chi connectivity index (χ4v) is 4.87. The van der Waals surface area contributed by atoms with Crippen LogP contribution in [0.2, 0.25) is 0 Å². The Labute approximate surface area is 196 Å². The third kappa shape index (κ3) is 5.64. The lowest BCUT2D eigenvalue weighted by Gasteiger charge is -2.22. The minimum Gasteiger partial charge on any atom is -0.352 e. The number of benzene rings is 2. The Kier molecular flexibility index (Phi) is 7.14. The summed E-state index contributed by atoms with van der Waals surface area (Å²) in [4.78, 5) is 36.3. The van der Waals surface area contributed by atoms with Gasteiger partial charge in [-0.05, 0) is 66.0 Å². The van der Waals surface area contributed by atoms with Crippen molar-refractivity contribution in [3.63, 3.8) is 0 Å². The Balaban J connectivity index is 1.37. The molecule has 1 unspecified atom stereocenters. The number of carbonyl (C=O) groups is 2. The van der Waals surface area contributed by atoms with Crippen molar-refractivity contribution in [2.45, 2.75) is 38.1 Å². The lowest BCUT2D eigenvalue weighted by atomic mass is 9.89. The first-order chi connectivity index (χ1) is 16.0. The maximum Gasteiger partial charge on any atom is 0.269 e. The molecule has 0 bridgehead atoms. The normalized spacial score (nSPS) is 13.6. The highest BCUT2D eigenvalue weighted by Gasteiger charge is 2.20. The zero-order chi connectivity index (χ0) is 23.2. The summed E-state index contributed by atoms with van der Waals surface area (Å²) in [6.07, 6.45) is 4.73. The Morgan fingerprint density at radius 3 is 2.48 bits per heavy atom. The zero-order valence-corrected chi connectivity index (χ0v) is 18.9. The van der Waals surface area contributed by atoms with Gasteiger partial charge in [-0.25, -0.2) is 0 Å². The second kappa shape index (κ2) is 10.4. The molecule has 2 amide bonds. The molecule has 0 aliphatic heterocycles. The Hall–Kier alpha value is -3.52. The average molecular weight is 464 g/mol. The number of hydrogen-bond donors (Lipinski definition) is 2. The second-order valence-electron chi connectivity index (χ2n) is 8.06. The number of amides is 2. The zero-order valence-electron chi connectivity index (χ0n) is 18.1. The molecule has 0 fully saturated rings. The van der Waals surface area contributed by atoms with Gasteiger partial charge in [0.25, 0.3) is 11.6 Å². The van der Waals surface area contributed by atoms with Crippen LogP contribution in [0.4, 0.5) is 5.69 Å². The summed E-state index contributed by atoms with van der Waals surface area (Å²) in [5, 5.41) is 18.6. The molecule has 0 radical (unpaired) electrons. The maximum atomic E-state index is 12.7. The van der Waals surface area contributed by atoms with Crippen molar-refractivity contribution in [2.75, 3.05) is 6.54 Å². The predicted octanol–water partition coefficient (Wildman–Crippen LogP) is 4.56. The molecule has 1 heterocycles. The Bertz CT molecular complexity index is 1140. The third-order valence-electron chi connectivity index (χ3n) is 5.82. The first kappa shape index (κ1) is 22.7. The summed E-state index contributed by atoms with van der Waals surface area (Å²) in [5.74, 6) is -0.530. The molecule has 0 saturated carbocycles. The molecule has 1 aliphatic rings. The van der Waals surface area contributed by atoms with Crippen LogP contribution in [0.15, 0.2) is 60.0 Å². The minimum atomic E-state index is -0.515. The first-order valence-electron chi connectivity index (χ1n) is 11.0. The van der Waals surface area contributed by atoms with E-state index in [1.165, 1.54) is 48.2 Å². The Morgan fingerprint density at radius 1 is 1.03 bits per heavy atom. The standard InChI is InChI=1S/C25H25N3O4S/c29-23(13-14-26-25(30)18-9-11-21(12-10-18)28(31)32)27-24(22-6-3-15-33-22)20-8-7-17-4-1-2-5-19(17)16-20/h3,6-12,15-16,24H,1-2,4-5,13-14H2,(H,26,30)(H,27,29). The van der Waals surface area contributed by atoms with Gasteiger partial charge in [0.15, 0.2) is 0 Å². The summed E-state index contributed by atoms with van der Waals surface area (Å²) in [5.41, 5.74) is 4.07. The largest absolute Gasteiger partial charge is 0.352 e. The van der Waals surface area contributed by atoms with Gasteiger partial charge in [-0.3, -0.25) is 19.7 Å². The number of nitrogens with one attached hydrogen (secondary N) is 2. The molecule has 2 N–H and O–H groups in total. The summed E-state index contributed by atoms with van der Waals surface area (Å²) in [7, 11) is 0. The number of nitro benzene ring substituents is 1. The fraction of sp³-hybridized carbons (Fsp3) is 0.280. The van der Waals surface area contributed by atoms with E-state index in [1.807, 2.05) is 17.5 Å². The summed E-state index contributed by atoms with van der Waals surface area (Å²) in [6.45, 7) is 0.170. The van der Waals surface area contributed by atoms with Crippen LogP contribution in [-0.4, -0.2) is 23.3 Å². The molecule has 1 atom stereocenters. The molecule has 7 nitrogen and oxygen atoms in total. The molecule has 1 aromatic heterocycles. The second-order valence-corrected chi connectivity index (χ2v) is 9.04. The third-order valence-corrected chi connectivity index (χ3v) is 6.75. The number of carbonyl (C=O) groups excluding carboxylic acids is 2. The van der Waals surface area contributed by atoms with Gasteiger partial charge in [-0.1, -0.05) is 24.3 Å². The van der Waals surface area contributed by atoms with E-state index in [1.54, 1.807) is 11.3 Å². The van der Waals surface area contributed by atoms with Gasteiger partial charge in [0.2, 0.25) is 5.91 Å². The topological polar surface area (TPSA) is 101 Å². The van der Waals surface area contributed by atoms with E-state index in [2.05, 4.69) is 28.8 Å². The predicted molar refractivity (Wildman–Crippen MR) is 127 cm³/mol. The van der Waals surface area contributed by atoms with E-state index in [0.29, 0.717) is 5.56 Å². The average Bonchev–Trinajstić information content (AvgIpc) is 3.37. The van der Waals surface area contributed by atoms with Gasteiger partial charge in [-0.15, -0.1) is 11.3 Å². The smallest absolute Gasteiger partial charge is 0.269 e. The molecule has 8 heteroatoms. The van der Waals surface area contributed by atoms with Crippen molar-refractivity contribution in [1.29, 1.82) is 0 Å². The molecule has 3 aromatic rings. The lowest BCUT2D eigenvalue weighted by molar-refractivity contribution is -0.384. The number of rotatable bonds is 8. The Morgan fingerprint density at radius 2 is 1.79 bits per heavy atom. The summed E-state index contributed by atoms with van der Waals surface area (Å²) >= 11 is 1.60. The van der Waals surface area contributed by atoms with Gasteiger partial charge in [0.1, 0.15) is 0 Å². The molecular formula is C25H25N3O4S. The fourth-order valence-electron chi connectivity index (χ4n) is 4.07.